The Balaban J connectivity index is 2.04. The number of ether oxygens (including phenoxy) is 4. The minimum Gasteiger partial charge on any atom is -0.493 e. The van der Waals surface area contributed by atoms with Gasteiger partial charge in [-0.15, -0.1) is 0 Å². The van der Waals surface area contributed by atoms with Gasteiger partial charge in [0.1, 0.15) is 6.61 Å². The summed E-state index contributed by atoms with van der Waals surface area (Å²) in [6.07, 6.45) is 0. The number of nitrogens with zero attached hydrogens (tertiary/aromatic N) is 1. The number of methoxy groups -OCH3 is 2. The number of para-hydroxylation sites is 2. The lowest BCUT2D eigenvalue weighted by atomic mass is 10.1. The van der Waals surface area contributed by atoms with E-state index < -0.39 is 5.91 Å². The standard InChI is InChI=1S/C20H23ClN2O6/c1-23(8-9-28-16-7-5-4-6-15(16)26-2)20(25)13-10-14(21)19(17(11-13)27-3)29-12-18(22)24/h4-7,10-11H,8-9,12H2,1-3H3,(H2,22,24). The first-order valence-corrected chi connectivity index (χ1v) is 9.05. The van der Waals surface area contributed by atoms with Crippen molar-refractivity contribution in [1.29, 1.82) is 0 Å². The molecule has 29 heavy (non-hydrogen) atoms. The number of likely N-dealkylation sites (N-methyl/N-ethyl adjacent to an activating group) is 1. The van der Waals surface area contributed by atoms with Gasteiger partial charge in [0.25, 0.3) is 11.8 Å². The number of hydrogen-bond acceptors (Lipinski definition) is 6. The van der Waals surface area contributed by atoms with Crippen molar-refractivity contribution in [2.24, 2.45) is 5.73 Å². The second-order valence-electron chi connectivity index (χ2n) is 5.97. The van der Waals surface area contributed by atoms with E-state index in [0.29, 0.717) is 23.6 Å². The Morgan fingerprint density at radius 1 is 1.03 bits per heavy atom. The predicted molar refractivity (Wildman–Crippen MR) is 108 cm³/mol. The highest BCUT2D eigenvalue weighted by Gasteiger charge is 2.19. The molecular formula is C20H23ClN2O6. The molecule has 2 rings (SSSR count). The van der Waals surface area contributed by atoms with Gasteiger partial charge in [-0.2, -0.15) is 0 Å². The number of amides is 2. The molecule has 0 spiro atoms. The highest BCUT2D eigenvalue weighted by Crippen LogP contribution is 2.36. The number of halogens is 1. The van der Waals surface area contributed by atoms with Crippen LogP contribution in [0.15, 0.2) is 36.4 Å². The molecule has 0 aliphatic carbocycles. The van der Waals surface area contributed by atoms with E-state index in [1.54, 1.807) is 26.3 Å². The van der Waals surface area contributed by atoms with Crippen molar-refractivity contribution in [2.45, 2.75) is 0 Å². The van der Waals surface area contributed by atoms with Crippen molar-refractivity contribution in [3.05, 3.63) is 47.0 Å². The van der Waals surface area contributed by atoms with Crippen molar-refractivity contribution in [3.8, 4) is 23.0 Å². The summed E-state index contributed by atoms with van der Waals surface area (Å²) in [5, 5.41) is 0.132. The summed E-state index contributed by atoms with van der Waals surface area (Å²) in [4.78, 5) is 25.1. The predicted octanol–water partition coefficient (Wildman–Crippen LogP) is 2.37. The van der Waals surface area contributed by atoms with Gasteiger partial charge in [0.05, 0.1) is 25.8 Å². The van der Waals surface area contributed by atoms with Gasteiger partial charge in [-0.1, -0.05) is 23.7 Å². The number of nitrogens with two attached hydrogens (primary N) is 1. The molecule has 2 N–H and O–H groups in total. The fourth-order valence-corrected chi connectivity index (χ4v) is 2.74. The third kappa shape index (κ3) is 5.92. The normalized spacial score (nSPS) is 10.2. The molecule has 0 aliphatic rings. The zero-order valence-electron chi connectivity index (χ0n) is 16.4. The lowest BCUT2D eigenvalue weighted by Crippen LogP contribution is -2.31. The van der Waals surface area contributed by atoms with Gasteiger partial charge in [-0.25, -0.2) is 0 Å². The summed E-state index contributed by atoms with van der Waals surface area (Å²) < 4.78 is 21.4. The van der Waals surface area contributed by atoms with Gasteiger partial charge in [0.15, 0.2) is 29.6 Å². The molecule has 0 saturated heterocycles. The second kappa shape index (κ2) is 10.4. The number of hydrogen-bond donors (Lipinski definition) is 1. The molecule has 2 amide bonds. The second-order valence-corrected chi connectivity index (χ2v) is 6.38. The summed E-state index contributed by atoms with van der Waals surface area (Å²) in [5.41, 5.74) is 5.38. The molecule has 0 heterocycles. The molecule has 8 nitrogen and oxygen atoms in total. The third-order valence-electron chi connectivity index (χ3n) is 3.94. The first kappa shape index (κ1) is 22.2. The average molecular weight is 423 g/mol. The molecule has 9 heteroatoms. The lowest BCUT2D eigenvalue weighted by molar-refractivity contribution is -0.119. The maximum Gasteiger partial charge on any atom is 0.255 e. The van der Waals surface area contributed by atoms with Crippen LogP contribution in [-0.4, -0.2) is 57.7 Å². The molecule has 0 saturated carbocycles. The van der Waals surface area contributed by atoms with Gasteiger partial charge in [-0.05, 0) is 24.3 Å². The van der Waals surface area contributed by atoms with E-state index in [-0.39, 0.29) is 35.6 Å². The van der Waals surface area contributed by atoms with Crippen LogP contribution in [0.3, 0.4) is 0 Å². The summed E-state index contributed by atoms with van der Waals surface area (Å²) >= 11 is 6.20. The molecule has 0 radical (unpaired) electrons. The molecule has 0 aliphatic heterocycles. The van der Waals surface area contributed by atoms with Gasteiger partial charge in [-0.3, -0.25) is 9.59 Å². The van der Waals surface area contributed by atoms with Crippen LogP contribution in [-0.2, 0) is 4.79 Å². The molecule has 0 fully saturated rings. The van der Waals surface area contributed by atoms with Crippen LogP contribution < -0.4 is 24.7 Å². The SMILES string of the molecule is COc1ccccc1OCCN(C)C(=O)c1cc(Cl)c(OCC(N)=O)c(OC)c1. The zero-order chi connectivity index (χ0) is 21.4. The number of carbonyl (C=O) groups excluding carboxylic acids is 2. The first-order valence-electron chi connectivity index (χ1n) is 8.67. The summed E-state index contributed by atoms with van der Waals surface area (Å²) in [5.74, 6) is 0.641. The Hall–Kier alpha value is -3.13. The van der Waals surface area contributed by atoms with Crippen molar-refractivity contribution in [1.82, 2.24) is 4.90 Å². The Kier molecular flexibility index (Phi) is 7.97. The summed E-state index contributed by atoms with van der Waals surface area (Å²) in [7, 11) is 4.61. The van der Waals surface area contributed by atoms with Crippen LogP contribution in [0.5, 0.6) is 23.0 Å². The molecule has 0 atom stereocenters. The molecule has 0 aromatic heterocycles. The van der Waals surface area contributed by atoms with Gasteiger partial charge >= 0.3 is 0 Å². The maximum atomic E-state index is 12.7. The number of benzene rings is 2. The van der Waals surface area contributed by atoms with E-state index in [1.165, 1.54) is 24.1 Å². The van der Waals surface area contributed by atoms with Crippen molar-refractivity contribution < 1.29 is 28.5 Å². The summed E-state index contributed by atoms with van der Waals surface area (Å²) in [6, 6.07) is 10.2. The van der Waals surface area contributed by atoms with Gasteiger partial charge in [0, 0.05) is 12.6 Å². The smallest absolute Gasteiger partial charge is 0.255 e. The Morgan fingerprint density at radius 3 is 2.31 bits per heavy atom. The van der Waals surface area contributed by atoms with Crippen LogP contribution in [0.2, 0.25) is 5.02 Å². The van der Waals surface area contributed by atoms with E-state index in [2.05, 4.69) is 0 Å². The van der Waals surface area contributed by atoms with Crippen LogP contribution in [0.25, 0.3) is 0 Å². The number of primary amides is 1. The number of rotatable bonds is 10. The molecular weight excluding hydrogens is 400 g/mol. The Bertz CT molecular complexity index is 874. The largest absolute Gasteiger partial charge is 0.493 e. The zero-order valence-corrected chi connectivity index (χ0v) is 17.2. The average Bonchev–Trinajstić information content (AvgIpc) is 2.71. The molecule has 2 aromatic carbocycles. The van der Waals surface area contributed by atoms with E-state index in [9.17, 15) is 9.59 Å². The number of carbonyl (C=O) groups is 2. The fraction of sp³-hybridized carbons (Fsp3) is 0.300. The van der Waals surface area contributed by atoms with Crippen LogP contribution in [0.1, 0.15) is 10.4 Å². The van der Waals surface area contributed by atoms with Crippen LogP contribution >= 0.6 is 11.6 Å². The van der Waals surface area contributed by atoms with Crippen molar-refractivity contribution >= 4 is 23.4 Å². The van der Waals surface area contributed by atoms with Crippen LogP contribution in [0, 0.1) is 0 Å². The van der Waals surface area contributed by atoms with E-state index in [4.69, 9.17) is 36.3 Å². The third-order valence-corrected chi connectivity index (χ3v) is 4.22. The monoisotopic (exact) mass is 422 g/mol. The minimum absolute atomic E-state index is 0.132. The Labute approximate surface area is 174 Å². The lowest BCUT2D eigenvalue weighted by Gasteiger charge is -2.19. The van der Waals surface area contributed by atoms with E-state index in [1.807, 2.05) is 12.1 Å². The maximum absolute atomic E-state index is 12.7. The van der Waals surface area contributed by atoms with Gasteiger partial charge in [0.2, 0.25) is 0 Å². The quantitative estimate of drug-likeness (QED) is 0.631. The van der Waals surface area contributed by atoms with Crippen molar-refractivity contribution in [2.75, 3.05) is 41.0 Å². The highest BCUT2D eigenvalue weighted by molar-refractivity contribution is 6.32. The minimum atomic E-state index is -0.655. The summed E-state index contributed by atoms with van der Waals surface area (Å²) in [6.45, 7) is 0.244. The highest BCUT2D eigenvalue weighted by atomic mass is 35.5. The Morgan fingerprint density at radius 2 is 1.69 bits per heavy atom. The van der Waals surface area contributed by atoms with Gasteiger partial charge < -0.3 is 29.6 Å². The molecule has 0 bridgehead atoms. The molecule has 0 unspecified atom stereocenters. The van der Waals surface area contributed by atoms with E-state index >= 15 is 0 Å². The molecule has 2 aromatic rings. The van der Waals surface area contributed by atoms with Crippen molar-refractivity contribution in [3.63, 3.8) is 0 Å². The molecule has 156 valence electrons. The van der Waals surface area contributed by atoms with Crippen LogP contribution in [0.4, 0.5) is 0 Å². The first-order chi connectivity index (χ1) is 13.9. The van der Waals surface area contributed by atoms with E-state index in [0.717, 1.165) is 0 Å². The topological polar surface area (TPSA) is 100 Å². The fourth-order valence-electron chi connectivity index (χ4n) is 2.48.